The van der Waals surface area contributed by atoms with Gasteiger partial charge in [-0.3, -0.25) is 4.79 Å². The van der Waals surface area contributed by atoms with Crippen LogP contribution in [0.2, 0.25) is 0 Å². The number of amides is 1. The third-order valence-corrected chi connectivity index (χ3v) is 3.06. The van der Waals surface area contributed by atoms with E-state index < -0.39 is 0 Å². The van der Waals surface area contributed by atoms with Crippen molar-refractivity contribution in [3.05, 3.63) is 34.3 Å². The maximum absolute atomic E-state index is 11.6. The second-order valence-corrected chi connectivity index (χ2v) is 4.86. The molecule has 1 amide bonds. The molecule has 0 radical (unpaired) electrons. The molecule has 0 spiro atoms. The minimum atomic E-state index is 0.0530. The first kappa shape index (κ1) is 14.2. The monoisotopic (exact) mass is 298 g/mol. The highest BCUT2D eigenvalue weighted by Crippen LogP contribution is 2.16. The van der Waals surface area contributed by atoms with Crippen molar-refractivity contribution in [2.75, 3.05) is 13.1 Å². The van der Waals surface area contributed by atoms with Gasteiger partial charge in [0.05, 0.1) is 6.04 Å². The van der Waals surface area contributed by atoms with Crippen molar-refractivity contribution in [2.24, 2.45) is 0 Å². The quantitative estimate of drug-likeness (QED) is 0.793. The average Bonchev–Trinajstić information content (AvgIpc) is 2.30. The molecule has 0 aliphatic rings. The molecule has 0 aliphatic heterocycles. The summed E-state index contributed by atoms with van der Waals surface area (Å²) in [6.45, 7) is 5.65. The molecule has 3 nitrogen and oxygen atoms in total. The molecule has 1 aromatic carbocycles. The summed E-state index contributed by atoms with van der Waals surface area (Å²) in [4.78, 5) is 11.6. The van der Waals surface area contributed by atoms with E-state index in [0.29, 0.717) is 6.42 Å². The predicted molar refractivity (Wildman–Crippen MR) is 73.9 cm³/mol. The summed E-state index contributed by atoms with van der Waals surface area (Å²) in [6, 6.07) is 8.04. The van der Waals surface area contributed by atoms with Crippen LogP contribution in [0.4, 0.5) is 0 Å². The van der Waals surface area contributed by atoms with E-state index in [0.717, 1.165) is 23.1 Å². The van der Waals surface area contributed by atoms with Crippen molar-refractivity contribution in [1.82, 2.24) is 10.6 Å². The third kappa shape index (κ3) is 5.33. The van der Waals surface area contributed by atoms with E-state index in [2.05, 4.69) is 26.6 Å². The van der Waals surface area contributed by atoms with Crippen LogP contribution in [-0.4, -0.2) is 19.0 Å². The maximum Gasteiger partial charge on any atom is 0.221 e. The van der Waals surface area contributed by atoms with Gasteiger partial charge >= 0.3 is 0 Å². The van der Waals surface area contributed by atoms with Crippen LogP contribution in [-0.2, 0) is 4.79 Å². The Labute approximate surface area is 111 Å². The van der Waals surface area contributed by atoms with Gasteiger partial charge in [0.15, 0.2) is 0 Å². The molecule has 0 aliphatic carbocycles. The number of rotatable bonds is 6. The van der Waals surface area contributed by atoms with E-state index in [1.165, 1.54) is 0 Å². The third-order valence-electron chi connectivity index (χ3n) is 2.53. The van der Waals surface area contributed by atoms with Gasteiger partial charge < -0.3 is 10.6 Å². The molecule has 2 N–H and O–H groups in total. The van der Waals surface area contributed by atoms with Gasteiger partial charge in [-0.25, -0.2) is 0 Å². The fraction of sp³-hybridized carbons (Fsp3) is 0.462. The maximum atomic E-state index is 11.6. The first-order chi connectivity index (χ1) is 8.13. The Hall–Kier alpha value is -0.870. The minimum Gasteiger partial charge on any atom is -0.350 e. The van der Waals surface area contributed by atoms with Crippen LogP contribution in [0.15, 0.2) is 28.7 Å². The van der Waals surface area contributed by atoms with Gasteiger partial charge in [0.1, 0.15) is 0 Å². The lowest BCUT2D eigenvalue weighted by molar-refractivity contribution is -0.121. The summed E-state index contributed by atoms with van der Waals surface area (Å²) < 4.78 is 1.05. The number of hydrogen-bond donors (Lipinski definition) is 2. The van der Waals surface area contributed by atoms with Gasteiger partial charge in [-0.2, -0.15) is 0 Å². The van der Waals surface area contributed by atoms with Crippen LogP contribution >= 0.6 is 15.9 Å². The number of carbonyl (C=O) groups is 1. The Kier molecular flexibility index (Phi) is 6.22. The molecule has 0 saturated heterocycles. The van der Waals surface area contributed by atoms with E-state index in [1.54, 1.807) is 0 Å². The number of hydrogen-bond acceptors (Lipinski definition) is 2. The van der Waals surface area contributed by atoms with Crippen LogP contribution < -0.4 is 10.6 Å². The van der Waals surface area contributed by atoms with E-state index >= 15 is 0 Å². The Bertz CT molecular complexity index is 351. The number of benzene rings is 1. The molecule has 1 aromatic rings. The van der Waals surface area contributed by atoms with Crippen LogP contribution in [0, 0.1) is 0 Å². The molecule has 0 saturated carbocycles. The molecule has 94 valence electrons. The van der Waals surface area contributed by atoms with Crippen molar-refractivity contribution in [3.63, 3.8) is 0 Å². The zero-order chi connectivity index (χ0) is 12.7. The number of carbonyl (C=O) groups excluding carboxylic acids is 1. The van der Waals surface area contributed by atoms with Gasteiger partial charge in [-0.05, 0) is 31.2 Å². The highest BCUT2D eigenvalue weighted by molar-refractivity contribution is 9.10. The Morgan fingerprint density at radius 3 is 2.59 bits per heavy atom. The zero-order valence-corrected chi connectivity index (χ0v) is 11.9. The lowest BCUT2D eigenvalue weighted by Gasteiger charge is -2.14. The zero-order valence-electron chi connectivity index (χ0n) is 10.3. The van der Waals surface area contributed by atoms with Crippen molar-refractivity contribution in [3.8, 4) is 0 Å². The Morgan fingerprint density at radius 1 is 1.35 bits per heavy atom. The predicted octanol–water partition coefficient (Wildman–Crippen LogP) is 2.63. The van der Waals surface area contributed by atoms with Crippen molar-refractivity contribution in [2.45, 2.75) is 26.3 Å². The first-order valence-electron chi connectivity index (χ1n) is 5.89. The SMILES string of the molecule is CCNCCC(=O)NC(C)c1ccc(Br)cc1. The molecule has 0 fully saturated rings. The second-order valence-electron chi connectivity index (χ2n) is 3.94. The summed E-state index contributed by atoms with van der Waals surface area (Å²) in [5, 5.41) is 6.11. The molecule has 4 heteroatoms. The van der Waals surface area contributed by atoms with Gasteiger partial charge in [-0.1, -0.05) is 35.0 Å². The Morgan fingerprint density at radius 2 is 2.00 bits per heavy atom. The summed E-state index contributed by atoms with van der Waals surface area (Å²) in [7, 11) is 0. The number of nitrogens with one attached hydrogen (secondary N) is 2. The minimum absolute atomic E-state index is 0.0530. The van der Waals surface area contributed by atoms with E-state index in [1.807, 2.05) is 38.1 Å². The first-order valence-corrected chi connectivity index (χ1v) is 6.68. The molecule has 1 rings (SSSR count). The average molecular weight is 299 g/mol. The van der Waals surface area contributed by atoms with Crippen molar-refractivity contribution in [1.29, 1.82) is 0 Å². The summed E-state index contributed by atoms with van der Waals surface area (Å²) in [5.41, 5.74) is 1.12. The molecule has 0 bridgehead atoms. The van der Waals surface area contributed by atoms with Crippen LogP contribution in [0.1, 0.15) is 31.9 Å². The summed E-state index contributed by atoms with van der Waals surface area (Å²) in [6.07, 6.45) is 0.523. The molecular formula is C13H19BrN2O. The van der Waals surface area contributed by atoms with Crippen LogP contribution in [0.25, 0.3) is 0 Å². The van der Waals surface area contributed by atoms with E-state index in [-0.39, 0.29) is 11.9 Å². The van der Waals surface area contributed by atoms with Crippen LogP contribution in [0.5, 0.6) is 0 Å². The molecule has 17 heavy (non-hydrogen) atoms. The topological polar surface area (TPSA) is 41.1 Å². The fourth-order valence-electron chi connectivity index (χ4n) is 1.53. The van der Waals surface area contributed by atoms with Gasteiger partial charge in [0.25, 0.3) is 0 Å². The normalized spacial score (nSPS) is 12.2. The molecule has 1 unspecified atom stereocenters. The smallest absolute Gasteiger partial charge is 0.221 e. The molecule has 0 heterocycles. The second kappa shape index (κ2) is 7.45. The highest BCUT2D eigenvalue weighted by atomic mass is 79.9. The molecule has 1 atom stereocenters. The molecule has 0 aromatic heterocycles. The Balaban J connectivity index is 2.40. The van der Waals surface area contributed by atoms with Gasteiger partial charge in [0.2, 0.25) is 5.91 Å². The van der Waals surface area contributed by atoms with Crippen molar-refractivity contribution < 1.29 is 4.79 Å². The molecular weight excluding hydrogens is 280 g/mol. The standard InChI is InChI=1S/C13H19BrN2O/c1-3-15-9-8-13(17)16-10(2)11-4-6-12(14)7-5-11/h4-7,10,15H,3,8-9H2,1-2H3,(H,16,17). The van der Waals surface area contributed by atoms with Crippen LogP contribution in [0.3, 0.4) is 0 Å². The lowest BCUT2D eigenvalue weighted by atomic mass is 10.1. The summed E-state index contributed by atoms with van der Waals surface area (Å²) >= 11 is 3.39. The van der Waals surface area contributed by atoms with Gasteiger partial charge in [-0.15, -0.1) is 0 Å². The largest absolute Gasteiger partial charge is 0.350 e. The number of halogens is 1. The fourth-order valence-corrected chi connectivity index (χ4v) is 1.79. The van der Waals surface area contributed by atoms with Gasteiger partial charge in [0, 0.05) is 17.4 Å². The van der Waals surface area contributed by atoms with Crippen molar-refractivity contribution >= 4 is 21.8 Å². The van der Waals surface area contributed by atoms with E-state index in [4.69, 9.17) is 0 Å². The highest BCUT2D eigenvalue weighted by Gasteiger charge is 2.08. The van der Waals surface area contributed by atoms with E-state index in [9.17, 15) is 4.79 Å². The lowest BCUT2D eigenvalue weighted by Crippen LogP contribution is -2.29. The summed E-state index contributed by atoms with van der Waals surface area (Å²) in [5.74, 6) is 0.0846.